The molecule has 1 atom stereocenters. The molecule has 2 heterocycles. The maximum Gasteiger partial charge on any atom is 0.238 e. The van der Waals surface area contributed by atoms with E-state index in [9.17, 15) is 9.59 Å². The average Bonchev–Trinajstić information content (AvgIpc) is 3.51. The summed E-state index contributed by atoms with van der Waals surface area (Å²) in [5.74, 6) is 0.0463. The third-order valence-corrected chi connectivity index (χ3v) is 6.68. The number of rotatable bonds is 10. The minimum absolute atomic E-state index is 0. The van der Waals surface area contributed by atoms with Gasteiger partial charge in [0.05, 0.1) is 18.6 Å². The van der Waals surface area contributed by atoms with Gasteiger partial charge in [-0.3, -0.25) is 14.5 Å². The van der Waals surface area contributed by atoms with Crippen molar-refractivity contribution in [2.75, 3.05) is 25.0 Å². The van der Waals surface area contributed by atoms with Crippen molar-refractivity contribution in [3.63, 3.8) is 0 Å². The van der Waals surface area contributed by atoms with Gasteiger partial charge in [0, 0.05) is 49.0 Å². The molecule has 0 spiro atoms. The number of likely N-dealkylation sites (tertiary alicyclic amines) is 1. The van der Waals surface area contributed by atoms with Crippen LogP contribution in [0, 0.1) is 6.92 Å². The highest BCUT2D eigenvalue weighted by atomic mass is 35.5. The number of aromatic amines is 1. The number of nitrogens with one attached hydrogen (secondary N) is 2. The number of nitrogens with zero attached hydrogens (tertiary/aromatic N) is 3. The van der Waals surface area contributed by atoms with Gasteiger partial charge in [-0.15, -0.1) is 12.4 Å². The minimum atomic E-state index is -0.102. The fraction of sp³-hybridized carbons (Fsp3) is 0.370. The number of carbonyl (C=O) groups excluding carboxylic acids is 2. The summed E-state index contributed by atoms with van der Waals surface area (Å²) in [5, 5.41) is 3.53. The van der Waals surface area contributed by atoms with E-state index in [1.54, 1.807) is 18.5 Å². The van der Waals surface area contributed by atoms with E-state index in [0.717, 1.165) is 25.1 Å². The number of aryl methyl sites for hydroxylation is 2. The molecule has 7 nitrogen and oxygen atoms in total. The highest BCUT2D eigenvalue weighted by Crippen LogP contribution is 2.22. The summed E-state index contributed by atoms with van der Waals surface area (Å²) in [6, 6.07) is 15.5. The molecule has 2 amide bonds. The van der Waals surface area contributed by atoms with Gasteiger partial charge in [-0.25, -0.2) is 4.98 Å². The number of imidazole rings is 1. The van der Waals surface area contributed by atoms with Crippen LogP contribution in [0.3, 0.4) is 0 Å². The Kier molecular flexibility index (Phi) is 10.3. The molecule has 1 saturated heterocycles. The standard InChI is InChI=1S/C27H32ClN5O2.ClH/c1-20-6-2-3-7-21(20)16-32(18-26(34)31-23-9-4-8-22(28)14-23)17-25-10-5-13-33(25)27(35)12-11-24-15-29-19-30-24;/h2-4,6-9,14-15,19,25H,5,10-13,16-18H2,1H3,(H,29,30)(H,31,34);1H/t25-;/m0./s1. The van der Waals surface area contributed by atoms with Gasteiger partial charge in [-0.1, -0.05) is 41.9 Å². The number of anilines is 1. The van der Waals surface area contributed by atoms with Crippen LogP contribution in [0.4, 0.5) is 5.69 Å². The maximum absolute atomic E-state index is 13.0. The number of hydrogen-bond acceptors (Lipinski definition) is 4. The Morgan fingerprint density at radius 2 is 2.06 bits per heavy atom. The van der Waals surface area contributed by atoms with Crippen LogP contribution in [0.2, 0.25) is 5.02 Å². The predicted octanol–water partition coefficient (Wildman–Crippen LogP) is 4.86. The Bertz CT molecular complexity index is 1140. The number of aromatic nitrogens is 2. The van der Waals surface area contributed by atoms with Crippen LogP contribution < -0.4 is 5.32 Å². The summed E-state index contributed by atoms with van der Waals surface area (Å²) < 4.78 is 0. The first kappa shape index (κ1) is 27.7. The van der Waals surface area contributed by atoms with Crippen LogP contribution >= 0.6 is 24.0 Å². The molecular formula is C27H33Cl2N5O2. The van der Waals surface area contributed by atoms with E-state index in [0.29, 0.717) is 36.6 Å². The van der Waals surface area contributed by atoms with Gasteiger partial charge in [0.15, 0.2) is 0 Å². The fourth-order valence-corrected chi connectivity index (χ4v) is 4.83. The normalized spacial score (nSPS) is 15.1. The smallest absolute Gasteiger partial charge is 0.238 e. The summed E-state index contributed by atoms with van der Waals surface area (Å²) in [7, 11) is 0. The minimum Gasteiger partial charge on any atom is -0.351 e. The molecule has 0 saturated carbocycles. The number of H-pyrrole nitrogens is 1. The van der Waals surface area contributed by atoms with Crippen molar-refractivity contribution in [1.82, 2.24) is 19.8 Å². The molecule has 0 bridgehead atoms. The van der Waals surface area contributed by atoms with Crippen LogP contribution in [-0.4, -0.2) is 57.3 Å². The Morgan fingerprint density at radius 3 is 2.81 bits per heavy atom. The maximum atomic E-state index is 13.0. The van der Waals surface area contributed by atoms with Crippen LogP contribution in [0.5, 0.6) is 0 Å². The molecule has 1 aliphatic rings. The summed E-state index contributed by atoms with van der Waals surface area (Å²) in [4.78, 5) is 37.3. The van der Waals surface area contributed by atoms with E-state index in [1.165, 1.54) is 11.1 Å². The first-order valence-electron chi connectivity index (χ1n) is 12.1. The zero-order valence-corrected chi connectivity index (χ0v) is 22.0. The second-order valence-electron chi connectivity index (χ2n) is 9.10. The second-order valence-corrected chi connectivity index (χ2v) is 9.53. The molecule has 0 aliphatic carbocycles. The van der Waals surface area contributed by atoms with Crippen LogP contribution in [0.1, 0.15) is 36.1 Å². The topological polar surface area (TPSA) is 81.3 Å². The molecule has 192 valence electrons. The molecule has 0 radical (unpaired) electrons. The highest BCUT2D eigenvalue weighted by molar-refractivity contribution is 6.30. The van der Waals surface area contributed by atoms with Crippen molar-refractivity contribution in [2.45, 2.75) is 45.2 Å². The Balaban J connectivity index is 0.00000361. The van der Waals surface area contributed by atoms with Crippen molar-refractivity contribution in [1.29, 1.82) is 0 Å². The van der Waals surface area contributed by atoms with Gasteiger partial charge in [0.1, 0.15) is 0 Å². The van der Waals surface area contributed by atoms with Crippen LogP contribution in [0.25, 0.3) is 0 Å². The van der Waals surface area contributed by atoms with Crippen molar-refractivity contribution in [3.8, 4) is 0 Å². The third-order valence-electron chi connectivity index (χ3n) is 6.45. The number of halogens is 2. The third kappa shape index (κ3) is 7.82. The van der Waals surface area contributed by atoms with Crippen molar-refractivity contribution in [3.05, 3.63) is 82.9 Å². The summed E-state index contributed by atoms with van der Waals surface area (Å²) in [5.41, 5.74) is 3.94. The van der Waals surface area contributed by atoms with Gasteiger partial charge < -0.3 is 15.2 Å². The lowest BCUT2D eigenvalue weighted by atomic mass is 10.1. The number of hydrogen-bond donors (Lipinski definition) is 2. The monoisotopic (exact) mass is 529 g/mol. The van der Waals surface area contributed by atoms with E-state index in [1.807, 2.05) is 35.4 Å². The Morgan fingerprint density at radius 1 is 1.22 bits per heavy atom. The zero-order chi connectivity index (χ0) is 24.6. The molecule has 9 heteroatoms. The van der Waals surface area contributed by atoms with E-state index >= 15 is 0 Å². The summed E-state index contributed by atoms with van der Waals surface area (Å²) in [6.45, 7) is 4.36. The highest BCUT2D eigenvalue weighted by Gasteiger charge is 2.30. The number of benzene rings is 2. The zero-order valence-electron chi connectivity index (χ0n) is 20.5. The van der Waals surface area contributed by atoms with Crippen LogP contribution in [-0.2, 0) is 22.6 Å². The number of carbonyl (C=O) groups is 2. The first-order chi connectivity index (χ1) is 17.0. The van der Waals surface area contributed by atoms with Gasteiger partial charge in [0.25, 0.3) is 0 Å². The molecule has 1 fully saturated rings. The van der Waals surface area contributed by atoms with Crippen molar-refractivity contribution >= 4 is 41.5 Å². The van der Waals surface area contributed by atoms with Crippen molar-refractivity contribution in [2.24, 2.45) is 0 Å². The van der Waals surface area contributed by atoms with Crippen LogP contribution in [0.15, 0.2) is 61.1 Å². The lowest BCUT2D eigenvalue weighted by Gasteiger charge is -2.31. The van der Waals surface area contributed by atoms with Gasteiger partial charge >= 0.3 is 0 Å². The summed E-state index contributed by atoms with van der Waals surface area (Å²) in [6.07, 6.45) is 6.45. The van der Waals surface area contributed by atoms with Gasteiger partial charge in [-0.05, 0) is 55.5 Å². The molecular weight excluding hydrogens is 497 g/mol. The fourth-order valence-electron chi connectivity index (χ4n) is 4.64. The lowest BCUT2D eigenvalue weighted by Crippen LogP contribution is -2.45. The first-order valence-corrected chi connectivity index (χ1v) is 12.4. The SMILES string of the molecule is Cc1ccccc1CN(CC(=O)Nc1cccc(Cl)c1)C[C@@H]1CCCN1C(=O)CCc1c[nH]cn1.Cl. The Labute approximate surface area is 223 Å². The van der Waals surface area contributed by atoms with Gasteiger partial charge in [-0.2, -0.15) is 0 Å². The molecule has 3 aromatic rings. The molecule has 2 N–H and O–H groups in total. The lowest BCUT2D eigenvalue weighted by molar-refractivity contribution is -0.132. The molecule has 36 heavy (non-hydrogen) atoms. The largest absolute Gasteiger partial charge is 0.351 e. The second kappa shape index (κ2) is 13.4. The van der Waals surface area contributed by atoms with Gasteiger partial charge in [0.2, 0.25) is 11.8 Å². The molecule has 1 aromatic heterocycles. The molecule has 2 aromatic carbocycles. The number of amides is 2. The van der Waals surface area contributed by atoms with E-state index < -0.39 is 0 Å². The molecule has 1 aliphatic heterocycles. The molecule has 0 unspecified atom stereocenters. The summed E-state index contributed by atoms with van der Waals surface area (Å²) >= 11 is 6.07. The van der Waals surface area contributed by atoms with Crippen molar-refractivity contribution < 1.29 is 9.59 Å². The van der Waals surface area contributed by atoms with E-state index in [-0.39, 0.29) is 36.8 Å². The Hall–Kier alpha value is -2.87. The average molecular weight is 531 g/mol. The van der Waals surface area contributed by atoms with E-state index in [4.69, 9.17) is 11.6 Å². The predicted molar refractivity (Wildman–Crippen MR) is 145 cm³/mol. The molecule has 4 rings (SSSR count). The quantitative estimate of drug-likeness (QED) is 0.393. The van der Waals surface area contributed by atoms with E-state index in [2.05, 4.69) is 39.2 Å².